The van der Waals surface area contributed by atoms with Crippen LogP contribution in [0, 0.1) is 0 Å². The molecule has 0 aromatic rings. The summed E-state index contributed by atoms with van der Waals surface area (Å²) in [5, 5.41) is 0. The first-order valence-corrected chi connectivity index (χ1v) is 3.68. The molecule has 0 aliphatic carbocycles. The predicted octanol–water partition coefficient (Wildman–Crippen LogP) is 0.388. The predicted molar refractivity (Wildman–Crippen MR) is 41.0 cm³/mol. The van der Waals surface area contributed by atoms with Crippen LogP contribution in [0.15, 0.2) is 0 Å². The van der Waals surface area contributed by atoms with Crippen LogP contribution in [0.5, 0.6) is 0 Å². The first-order valence-electron chi connectivity index (χ1n) is 3.68. The minimum absolute atomic E-state index is 0.683. The summed E-state index contributed by atoms with van der Waals surface area (Å²) in [5.74, 6) is 0. The third-order valence-corrected chi connectivity index (χ3v) is 1.17. The van der Waals surface area contributed by atoms with Gasteiger partial charge in [0.2, 0.25) is 0 Å². The Bertz CT molecular complexity index is 51.6. The minimum Gasteiger partial charge on any atom is -0.382 e. The molecule has 0 aromatic heterocycles. The van der Waals surface area contributed by atoms with E-state index in [1.54, 1.807) is 7.11 Å². The number of ether oxygens (including phenoxy) is 2. The Kier molecular flexibility index (Phi) is 8.77. The van der Waals surface area contributed by atoms with Crippen LogP contribution in [-0.4, -0.2) is 33.5 Å². The van der Waals surface area contributed by atoms with Crippen molar-refractivity contribution in [3.8, 4) is 0 Å². The standard InChI is InChI=1S/C7H17NO2/c1-9-6-7-10-5-3-2-4-8/h2-8H2,1H3. The Hall–Kier alpha value is -0.120. The molecule has 0 aliphatic heterocycles. The third kappa shape index (κ3) is 7.88. The van der Waals surface area contributed by atoms with Crippen LogP contribution < -0.4 is 5.73 Å². The fourth-order valence-corrected chi connectivity index (χ4v) is 0.593. The summed E-state index contributed by atoms with van der Waals surface area (Å²) in [6, 6.07) is 0. The lowest BCUT2D eigenvalue weighted by atomic mass is 10.3. The average Bonchev–Trinajstić information content (AvgIpc) is 1.97. The first kappa shape index (κ1) is 9.88. The van der Waals surface area contributed by atoms with Gasteiger partial charge in [0.25, 0.3) is 0 Å². The minimum atomic E-state index is 0.683. The van der Waals surface area contributed by atoms with Gasteiger partial charge in [-0.05, 0) is 19.4 Å². The second-order valence-corrected chi connectivity index (χ2v) is 2.10. The molecule has 62 valence electrons. The van der Waals surface area contributed by atoms with Gasteiger partial charge in [-0.1, -0.05) is 0 Å². The molecule has 2 N–H and O–H groups in total. The zero-order valence-corrected chi connectivity index (χ0v) is 6.64. The van der Waals surface area contributed by atoms with E-state index in [0.717, 1.165) is 26.0 Å². The highest BCUT2D eigenvalue weighted by Crippen LogP contribution is 1.86. The van der Waals surface area contributed by atoms with Gasteiger partial charge in [0.05, 0.1) is 13.2 Å². The van der Waals surface area contributed by atoms with Gasteiger partial charge in [0, 0.05) is 13.7 Å². The van der Waals surface area contributed by atoms with Crippen molar-refractivity contribution in [3.63, 3.8) is 0 Å². The monoisotopic (exact) mass is 147 g/mol. The smallest absolute Gasteiger partial charge is 0.0700 e. The van der Waals surface area contributed by atoms with E-state index in [-0.39, 0.29) is 0 Å². The van der Waals surface area contributed by atoms with Crippen molar-refractivity contribution in [1.82, 2.24) is 0 Å². The van der Waals surface area contributed by atoms with Crippen LogP contribution in [0.2, 0.25) is 0 Å². The molecule has 10 heavy (non-hydrogen) atoms. The molecular weight excluding hydrogens is 130 g/mol. The molecule has 0 atom stereocenters. The molecule has 0 saturated carbocycles. The van der Waals surface area contributed by atoms with Gasteiger partial charge >= 0.3 is 0 Å². The molecule has 0 aliphatic rings. The van der Waals surface area contributed by atoms with Crippen molar-refractivity contribution >= 4 is 0 Å². The van der Waals surface area contributed by atoms with E-state index in [1.807, 2.05) is 0 Å². The normalized spacial score (nSPS) is 10.2. The van der Waals surface area contributed by atoms with Gasteiger partial charge in [-0.25, -0.2) is 0 Å². The number of methoxy groups -OCH3 is 1. The quantitative estimate of drug-likeness (QED) is 0.530. The van der Waals surface area contributed by atoms with Crippen LogP contribution in [0.3, 0.4) is 0 Å². The fourth-order valence-electron chi connectivity index (χ4n) is 0.593. The molecule has 0 radical (unpaired) electrons. The van der Waals surface area contributed by atoms with Crippen molar-refractivity contribution in [2.45, 2.75) is 12.8 Å². The van der Waals surface area contributed by atoms with E-state index in [4.69, 9.17) is 15.2 Å². The second-order valence-electron chi connectivity index (χ2n) is 2.10. The molecule has 0 saturated heterocycles. The molecular formula is C7H17NO2. The van der Waals surface area contributed by atoms with Crippen LogP contribution in [0.4, 0.5) is 0 Å². The van der Waals surface area contributed by atoms with E-state index in [1.165, 1.54) is 0 Å². The SMILES string of the molecule is COCCOCCCCN. The van der Waals surface area contributed by atoms with Crippen molar-refractivity contribution in [3.05, 3.63) is 0 Å². The number of unbranched alkanes of at least 4 members (excludes halogenated alkanes) is 1. The van der Waals surface area contributed by atoms with Gasteiger partial charge in [-0.2, -0.15) is 0 Å². The summed E-state index contributed by atoms with van der Waals surface area (Å²) < 4.78 is 9.99. The molecule has 0 fully saturated rings. The maximum atomic E-state index is 5.29. The van der Waals surface area contributed by atoms with Gasteiger partial charge in [-0.15, -0.1) is 0 Å². The Morgan fingerprint density at radius 1 is 1.10 bits per heavy atom. The maximum Gasteiger partial charge on any atom is 0.0700 e. The number of hydrogen-bond acceptors (Lipinski definition) is 3. The van der Waals surface area contributed by atoms with Crippen LogP contribution in [-0.2, 0) is 9.47 Å². The highest BCUT2D eigenvalue weighted by molar-refractivity contribution is 4.38. The molecule has 0 aromatic carbocycles. The lowest BCUT2D eigenvalue weighted by molar-refractivity contribution is 0.0690. The molecule has 0 spiro atoms. The van der Waals surface area contributed by atoms with E-state index >= 15 is 0 Å². The van der Waals surface area contributed by atoms with Crippen molar-refractivity contribution in [2.75, 3.05) is 33.5 Å². The highest BCUT2D eigenvalue weighted by Gasteiger charge is 1.86. The summed E-state index contributed by atoms with van der Waals surface area (Å²) in [5.41, 5.74) is 5.29. The largest absolute Gasteiger partial charge is 0.382 e. The van der Waals surface area contributed by atoms with Crippen molar-refractivity contribution in [1.29, 1.82) is 0 Å². The molecule has 0 heterocycles. The number of nitrogens with two attached hydrogens (primary N) is 1. The highest BCUT2D eigenvalue weighted by atomic mass is 16.5. The van der Waals surface area contributed by atoms with Crippen molar-refractivity contribution < 1.29 is 9.47 Å². The van der Waals surface area contributed by atoms with Crippen molar-refractivity contribution in [2.24, 2.45) is 5.73 Å². The Morgan fingerprint density at radius 3 is 2.50 bits per heavy atom. The van der Waals surface area contributed by atoms with E-state index < -0.39 is 0 Å². The summed E-state index contributed by atoms with van der Waals surface area (Å²) in [6.07, 6.45) is 2.10. The van der Waals surface area contributed by atoms with Gasteiger partial charge in [0.15, 0.2) is 0 Å². The maximum absolute atomic E-state index is 5.29. The molecule has 3 nitrogen and oxygen atoms in total. The summed E-state index contributed by atoms with van der Waals surface area (Å²) >= 11 is 0. The van der Waals surface area contributed by atoms with Crippen LogP contribution in [0.1, 0.15) is 12.8 Å². The molecule has 3 heteroatoms. The topological polar surface area (TPSA) is 44.5 Å². The fraction of sp³-hybridized carbons (Fsp3) is 1.00. The van der Waals surface area contributed by atoms with Gasteiger partial charge in [-0.3, -0.25) is 0 Å². The van der Waals surface area contributed by atoms with Gasteiger partial charge < -0.3 is 15.2 Å². The second kappa shape index (κ2) is 8.88. The summed E-state index contributed by atoms with van der Waals surface area (Å²) in [7, 11) is 1.67. The molecule has 0 unspecified atom stereocenters. The Balaban J connectivity index is 2.65. The third-order valence-electron chi connectivity index (χ3n) is 1.17. The summed E-state index contributed by atoms with van der Waals surface area (Å²) in [6.45, 7) is 2.94. The first-order chi connectivity index (χ1) is 4.91. The Morgan fingerprint density at radius 2 is 1.90 bits per heavy atom. The van der Waals surface area contributed by atoms with Crippen LogP contribution >= 0.6 is 0 Å². The van der Waals surface area contributed by atoms with E-state index in [2.05, 4.69) is 0 Å². The lowest BCUT2D eigenvalue weighted by Crippen LogP contribution is -2.05. The van der Waals surface area contributed by atoms with E-state index in [9.17, 15) is 0 Å². The lowest BCUT2D eigenvalue weighted by Gasteiger charge is -2.01. The number of rotatable bonds is 7. The molecule has 0 bridgehead atoms. The van der Waals surface area contributed by atoms with Crippen LogP contribution in [0.25, 0.3) is 0 Å². The summed E-state index contributed by atoms with van der Waals surface area (Å²) in [4.78, 5) is 0. The average molecular weight is 147 g/mol. The Labute approximate surface area is 62.5 Å². The van der Waals surface area contributed by atoms with E-state index in [0.29, 0.717) is 13.2 Å². The molecule has 0 rings (SSSR count). The zero-order valence-electron chi connectivity index (χ0n) is 6.64. The van der Waals surface area contributed by atoms with Gasteiger partial charge in [0.1, 0.15) is 0 Å². The zero-order chi connectivity index (χ0) is 7.66. The number of hydrogen-bond donors (Lipinski definition) is 1. The molecule has 0 amide bonds.